The Labute approximate surface area is 159 Å². The fourth-order valence-corrected chi connectivity index (χ4v) is 3.34. The molecule has 1 aliphatic heterocycles. The molecule has 0 aliphatic carbocycles. The third kappa shape index (κ3) is 4.26. The average Bonchev–Trinajstić information content (AvgIpc) is 2.63. The number of rotatable bonds is 1. The molecular weight excluding hydrogens is 342 g/mol. The van der Waals surface area contributed by atoms with Crippen LogP contribution in [0.15, 0.2) is 54.2 Å². The van der Waals surface area contributed by atoms with Crippen molar-refractivity contribution in [2.24, 2.45) is 5.41 Å². The number of anilines is 1. The van der Waals surface area contributed by atoms with Gasteiger partial charge in [0.2, 0.25) is 0 Å². The summed E-state index contributed by atoms with van der Waals surface area (Å²) >= 11 is 6.13. The highest BCUT2D eigenvalue weighted by molar-refractivity contribution is 6.30. The van der Waals surface area contributed by atoms with E-state index >= 15 is 0 Å². The molecule has 26 heavy (non-hydrogen) atoms. The van der Waals surface area contributed by atoms with Gasteiger partial charge in [-0.15, -0.1) is 0 Å². The highest BCUT2D eigenvalue weighted by Crippen LogP contribution is 2.36. The van der Waals surface area contributed by atoms with Crippen molar-refractivity contribution in [3.8, 4) is 17.9 Å². The quantitative estimate of drug-likeness (QED) is 0.683. The SMILES string of the molecule is CC1(C)CN(c2cccc(Cl)c2)CC/C1=C\C#Cc1ccc(C#N)nc1. The summed E-state index contributed by atoms with van der Waals surface area (Å²) in [5.74, 6) is 6.26. The summed E-state index contributed by atoms with van der Waals surface area (Å²) in [5, 5.41) is 9.55. The summed E-state index contributed by atoms with van der Waals surface area (Å²) in [5.41, 5.74) is 3.78. The molecule has 3 rings (SSSR count). The number of hydrogen-bond donors (Lipinski definition) is 0. The predicted octanol–water partition coefficient (Wildman–Crippen LogP) is 4.82. The minimum Gasteiger partial charge on any atom is -0.370 e. The van der Waals surface area contributed by atoms with Crippen molar-refractivity contribution in [3.63, 3.8) is 0 Å². The number of benzene rings is 1. The number of hydrogen-bond acceptors (Lipinski definition) is 3. The van der Waals surface area contributed by atoms with E-state index in [9.17, 15) is 0 Å². The zero-order valence-corrected chi connectivity index (χ0v) is 15.7. The summed E-state index contributed by atoms with van der Waals surface area (Å²) in [7, 11) is 0. The average molecular weight is 362 g/mol. The Bertz CT molecular complexity index is 924. The number of aromatic nitrogens is 1. The topological polar surface area (TPSA) is 39.9 Å². The van der Waals surface area contributed by atoms with Gasteiger partial charge in [-0.3, -0.25) is 0 Å². The Kier molecular flexibility index (Phi) is 5.31. The Morgan fingerprint density at radius 3 is 2.77 bits per heavy atom. The van der Waals surface area contributed by atoms with E-state index in [2.05, 4.69) is 41.6 Å². The summed E-state index contributed by atoms with van der Waals surface area (Å²) in [4.78, 5) is 6.42. The van der Waals surface area contributed by atoms with E-state index in [0.717, 1.165) is 30.1 Å². The smallest absolute Gasteiger partial charge is 0.140 e. The Balaban J connectivity index is 1.73. The summed E-state index contributed by atoms with van der Waals surface area (Å²) in [6.45, 7) is 6.38. The van der Waals surface area contributed by atoms with Crippen LogP contribution in [-0.4, -0.2) is 18.1 Å². The van der Waals surface area contributed by atoms with Crippen molar-refractivity contribution >= 4 is 17.3 Å². The molecule has 1 aromatic heterocycles. The highest BCUT2D eigenvalue weighted by Gasteiger charge is 2.30. The first-order valence-corrected chi connectivity index (χ1v) is 8.93. The third-order valence-electron chi connectivity index (χ3n) is 4.62. The standard InChI is InChI=1S/C22H20ClN3/c1-22(2)16-26(21-8-4-7-19(23)13-21)12-11-18(22)6-3-5-17-9-10-20(14-24)25-15-17/h4,6-10,13,15H,11-12,16H2,1-2H3/b18-6+. The molecule has 0 saturated carbocycles. The van der Waals surface area contributed by atoms with Crippen LogP contribution in [0.5, 0.6) is 0 Å². The molecule has 1 saturated heterocycles. The Morgan fingerprint density at radius 1 is 1.27 bits per heavy atom. The number of nitrogens with zero attached hydrogens (tertiary/aromatic N) is 3. The molecule has 1 fully saturated rings. The fraction of sp³-hybridized carbons (Fsp3) is 0.273. The molecule has 130 valence electrons. The van der Waals surface area contributed by atoms with E-state index < -0.39 is 0 Å². The zero-order chi connectivity index (χ0) is 18.6. The van der Waals surface area contributed by atoms with Gasteiger partial charge in [0.15, 0.2) is 0 Å². The molecule has 1 aliphatic rings. The van der Waals surface area contributed by atoms with E-state index in [1.54, 1.807) is 12.3 Å². The first-order chi connectivity index (χ1) is 12.5. The van der Waals surface area contributed by atoms with Crippen LogP contribution >= 0.6 is 11.6 Å². The van der Waals surface area contributed by atoms with E-state index in [-0.39, 0.29) is 5.41 Å². The fourth-order valence-electron chi connectivity index (χ4n) is 3.15. The third-order valence-corrected chi connectivity index (χ3v) is 4.86. The van der Waals surface area contributed by atoms with Gasteiger partial charge >= 0.3 is 0 Å². The lowest BCUT2D eigenvalue weighted by Crippen LogP contribution is -2.41. The van der Waals surface area contributed by atoms with Crippen LogP contribution in [0.2, 0.25) is 5.02 Å². The molecule has 1 aromatic carbocycles. The maximum Gasteiger partial charge on any atom is 0.140 e. The molecule has 0 bridgehead atoms. The first-order valence-electron chi connectivity index (χ1n) is 8.56. The molecule has 0 radical (unpaired) electrons. The maximum atomic E-state index is 8.78. The van der Waals surface area contributed by atoms with Crippen LogP contribution in [0, 0.1) is 28.6 Å². The van der Waals surface area contributed by atoms with Gasteiger partial charge in [0.25, 0.3) is 0 Å². The highest BCUT2D eigenvalue weighted by atomic mass is 35.5. The van der Waals surface area contributed by atoms with E-state index in [0.29, 0.717) is 5.69 Å². The largest absolute Gasteiger partial charge is 0.370 e. The number of pyridine rings is 1. The van der Waals surface area contributed by atoms with Gasteiger partial charge in [-0.2, -0.15) is 5.26 Å². The van der Waals surface area contributed by atoms with Gasteiger partial charge in [0.05, 0.1) is 0 Å². The second kappa shape index (κ2) is 7.65. The van der Waals surface area contributed by atoms with E-state index in [1.165, 1.54) is 11.3 Å². The van der Waals surface area contributed by atoms with Crippen LogP contribution in [0.25, 0.3) is 0 Å². The molecular formula is C22H20ClN3. The van der Waals surface area contributed by atoms with Crippen molar-refractivity contribution in [2.75, 3.05) is 18.0 Å². The summed E-state index contributed by atoms with van der Waals surface area (Å²) in [6.07, 6.45) is 4.64. The second-order valence-electron chi connectivity index (χ2n) is 7.02. The molecule has 2 aromatic rings. The maximum absolute atomic E-state index is 8.78. The van der Waals surface area contributed by atoms with Gasteiger partial charge in [-0.25, -0.2) is 4.98 Å². The van der Waals surface area contributed by atoms with Gasteiger partial charge in [-0.05, 0) is 42.8 Å². The zero-order valence-electron chi connectivity index (χ0n) is 15.0. The molecule has 4 heteroatoms. The molecule has 0 N–H and O–H groups in total. The lowest BCUT2D eigenvalue weighted by atomic mass is 9.78. The lowest BCUT2D eigenvalue weighted by Gasteiger charge is -2.41. The number of nitriles is 1. The van der Waals surface area contributed by atoms with Crippen molar-refractivity contribution in [1.29, 1.82) is 5.26 Å². The molecule has 0 atom stereocenters. The van der Waals surface area contributed by atoms with Crippen molar-refractivity contribution in [3.05, 3.63) is 70.5 Å². The molecule has 0 unspecified atom stereocenters. The van der Waals surface area contributed by atoms with Crippen LogP contribution < -0.4 is 4.90 Å². The molecule has 2 heterocycles. The van der Waals surface area contributed by atoms with Crippen molar-refractivity contribution in [2.45, 2.75) is 20.3 Å². The molecule has 3 nitrogen and oxygen atoms in total. The number of allylic oxidation sites excluding steroid dienone is 1. The molecule has 0 amide bonds. The first kappa shape index (κ1) is 18.1. The van der Waals surface area contributed by atoms with Crippen LogP contribution in [-0.2, 0) is 0 Å². The van der Waals surface area contributed by atoms with Gasteiger partial charge in [0, 0.05) is 41.0 Å². The van der Waals surface area contributed by atoms with Crippen LogP contribution in [0.1, 0.15) is 31.5 Å². The predicted molar refractivity (Wildman–Crippen MR) is 106 cm³/mol. The minimum atomic E-state index is 0.0398. The van der Waals surface area contributed by atoms with Gasteiger partial charge in [-0.1, -0.05) is 48.9 Å². The Hall–Kier alpha value is -2.75. The normalized spacial score (nSPS) is 17.3. The minimum absolute atomic E-state index is 0.0398. The summed E-state index contributed by atoms with van der Waals surface area (Å²) < 4.78 is 0. The molecule has 0 spiro atoms. The van der Waals surface area contributed by atoms with Gasteiger partial charge in [0.1, 0.15) is 11.8 Å². The summed E-state index contributed by atoms with van der Waals surface area (Å²) in [6, 6.07) is 13.5. The van der Waals surface area contributed by atoms with Crippen LogP contribution in [0.4, 0.5) is 5.69 Å². The van der Waals surface area contributed by atoms with Crippen molar-refractivity contribution in [1.82, 2.24) is 4.98 Å². The lowest BCUT2D eigenvalue weighted by molar-refractivity contribution is 0.392. The van der Waals surface area contributed by atoms with Crippen molar-refractivity contribution < 1.29 is 0 Å². The van der Waals surface area contributed by atoms with E-state index in [1.807, 2.05) is 36.4 Å². The number of halogens is 1. The van der Waals surface area contributed by atoms with Gasteiger partial charge < -0.3 is 4.90 Å². The number of piperidine rings is 1. The Morgan fingerprint density at radius 2 is 2.12 bits per heavy atom. The van der Waals surface area contributed by atoms with E-state index in [4.69, 9.17) is 16.9 Å². The monoisotopic (exact) mass is 361 g/mol. The van der Waals surface area contributed by atoms with Crippen LogP contribution in [0.3, 0.4) is 0 Å². The second-order valence-corrected chi connectivity index (χ2v) is 7.45.